The summed E-state index contributed by atoms with van der Waals surface area (Å²) in [6.07, 6.45) is 0.345. The lowest BCUT2D eigenvalue weighted by Gasteiger charge is -2.16. The van der Waals surface area contributed by atoms with Crippen molar-refractivity contribution < 1.29 is 14.4 Å². The fraction of sp³-hybridized carbons (Fsp3) is 0.429. The van der Waals surface area contributed by atoms with Crippen LogP contribution in [0.4, 0.5) is 0 Å². The molecule has 0 spiro atoms. The maximum Gasteiger partial charge on any atom is 0.151 e. The largest absolute Gasteiger partial charge is 0.412 e. The second-order valence-electron chi connectivity index (χ2n) is 5.00. The summed E-state index contributed by atoms with van der Waals surface area (Å²) < 4.78 is 0. The van der Waals surface area contributed by atoms with Crippen LogP contribution in [0.15, 0.2) is 12.1 Å². The van der Waals surface area contributed by atoms with Crippen molar-refractivity contribution in [2.24, 2.45) is 11.8 Å². The third-order valence-corrected chi connectivity index (χ3v) is 3.59. The molecule has 4 nitrogen and oxygen atoms in total. The zero-order valence-corrected chi connectivity index (χ0v) is 10.8. The zero-order valence-electron chi connectivity index (χ0n) is 10.8. The fourth-order valence-corrected chi connectivity index (χ4v) is 2.72. The Morgan fingerprint density at radius 1 is 1.22 bits per heavy atom. The second kappa shape index (κ2) is 4.53. The highest BCUT2D eigenvalue weighted by Crippen LogP contribution is 2.36. The van der Waals surface area contributed by atoms with Crippen molar-refractivity contribution >= 4 is 11.6 Å². The van der Waals surface area contributed by atoms with Crippen LogP contribution in [0.5, 0.6) is 5.75 Å². The van der Waals surface area contributed by atoms with E-state index < -0.39 is 5.92 Å². The van der Waals surface area contributed by atoms with Gasteiger partial charge in [-0.15, -0.1) is 0 Å². The molecule has 1 saturated carbocycles. The molecule has 1 aromatic carbocycles. The molecule has 0 aliphatic heterocycles. The van der Waals surface area contributed by atoms with E-state index in [1.54, 1.807) is 12.1 Å². The number of ketones is 2. The van der Waals surface area contributed by atoms with E-state index in [2.05, 4.69) is 0 Å². The van der Waals surface area contributed by atoms with Crippen LogP contribution in [-0.2, 0) is 9.59 Å². The third-order valence-electron chi connectivity index (χ3n) is 3.59. The number of nitrogens with two attached hydrogens (primary N) is 1. The van der Waals surface area contributed by atoms with Crippen molar-refractivity contribution in [3.05, 3.63) is 28.8 Å². The molecular weight excluding hydrogens is 230 g/mol. The maximum atomic E-state index is 12.1. The lowest BCUT2D eigenvalue weighted by Crippen LogP contribution is -2.17. The van der Waals surface area contributed by atoms with E-state index in [-0.39, 0.29) is 17.5 Å². The Balaban J connectivity index is 2.52. The minimum absolute atomic E-state index is 0.0140. The minimum atomic E-state index is -0.605. The summed E-state index contributed by atoms with van der Waals surface area (Å²) in [4.78, 5) is 28.8. The number of carbonyl (C=O) groups is 2. The van der Waals surface area contributed by atoms with Crippen molar-refractivity contribution in [2.75, 3.05) is 0 Å². The van der Waals surface area contributed by atoms with Crippen LogP contribution in [0.3, 0.4) is 0 Å². The molecule has 96 valence electrons. The number of hydrogen-bond acceptors (Lipinski definition) is 4. The number of rotatable bonds is 2. The van der Waals surface area contributed by atoms with Gasteiger partial charge in [0.1, 0.15) is 17.5 Å². The highest BCUT2D eigenvalue weighted by atomic mass is 16.6. The summed E-state index contributed by atoms with van der Waals surface area (Å²) in [6, 6.07) is 3.51. The molecule has 1 aromatic rings. The fourth-order valence-electron chi connectivity index (χ4n) is 2.72. The van der Waals surface area contributed by atoms with Crippen molar-refractivity contribution in [1.29, 1.82) is 0 Å². The number of aryl methyl sites for hydroxylation is 2. The normalized spacial score (nSPS) is 23.6. The molecule has 0 amide bonds. The van der Waals surface area contributed by atoms with Crippen molar-refractivity contribution in [3.8, 4) is 5.75 Å². The van der Waals surface area contributed by atoms with Gasteiger partial charge in [-0.2, -0.15) is 5.90 Å². The van der Waals surface area contributed by atoms with E-state index in [0.29, 0.717) is 12.2 Å². The van der Waals surface area contributed by atoms with Crippen molar-refractivity contribution in [3.63, 3.8) is 0 Å². The molecule has 0 heterocycles. The van der Waals surface area contributed by atoms with Gasteiger partial charge in [-0.3, -0.25) is 9.59 Å². The Morgan fingerprint density at radius 2 is 1.78 bits per heavy atom. The van der Waals surface area contributed by atoms with Gasteiger partial charge in [0, 0.05) is 12.3 Å². The maximum absolute atomic E-state index is 12.1. The first kappa shape index (κ1) is 12.8. The van der Waals surface area contributed by atoms with Crippen LogP contribution in [0.1, 0.15) is 36.0 Å². The van der Waals surface area contributed by atoms with Crippen LogP contribution >= 0.6 is 0 Å². The zero-order chi connectivity index (χ0) is 13.4. The van der Waals surface area contributed by atoms with Crippen LogP contribution in [0.25, 0.3) is 0 Å². The quantitative estimate of drug-likeness (QED) is 0.639. The van der Waals surface area contributed by atoms with E-state index in [4.69, 9.17) is 10.7 Å². The highest BCUT2D eigenvalue weighted by Gasteiger charge is 2.40. The molecule has 18 heavy (non-hydrogen) atoms. The first-order valence-corrected chi connectivity index (χ1v) is 6.00. The van der Waals surface area contributed by atoms with Crippen molar-refractivity contribution in [1.82, 2.24) is 0 Å². The summed E-state index contributed by atoms with van der Waals surface area (Å²) >= 11 is 0. The molecule has 1 aliphatic rings. The van der Waals surface area contributed by atoms with Gasteiger partial charge in [0.2, 0.25) is 0 Å². The number of benzene rings is 1. The van der Waals surface area contributed by atoms with Crippen molar-refractivity contribution in [2.45, 2.75) is 33.1 Å². The SMILES string of the molecule is Cc1cc(ON)cc(C)c1C1C(=O)CC(C)C1=O. The average molecular weight is 247 g/mol. The highest BCUT2D eigenvalue weighted by molar-refractivity contribution is 6.14. The summed E-state index contributed by atoms with van der Waals surface area (Å²) in [7, 11) is 0. The van der Waals surface area contributed by atoms with Crippen LogP contribution in [0.2, 0.25) is 0 Å². The first-order chi connectivity index (χ1) is 8.45. The summed E-state index contributed by atoms with van der Waals surface area (Å²) in [5, 5.41) is 0. The van der Waals surface area contributed by atoms with Crippen LogP contribution in [0, 0.1) is 19.8 Å². The average Bonchev–Trinajstić information content (AvgIpc) is 2.54. The Bertz CT molecular complexity index is 499. The Hall–Kier alpha value is -1.68. The molecule has 0 radical (unpaired) electrons. The number of hydrogen-bond donors (Lipinski definition) is 1. The second-order valence-corrected chi connectivity index (χ2v) is 5.00. The van der Waals surface area contributed by atoms with E-state index in [0.717, 1.165) is 16.7 Å². The van der Waals surface area contributed by atoms with Crippen LogP contribution < -0.4 is 10.7 Å². The molecule has 4 heteroatoms. The molecule has 1 fully saturated rings. The standard InChI is InChI=1S/C14H17NO3/c1-7-4-10(18-15)5-8(2)12(7)13-11(16)6-9(3)14(13)17/h4-5,9,13H,6,15H2,1-3H3. The number of carbonyl (C=O) groups excluding carboxylic acids is 2. The molecular formula is C14H17NO3. The van der Waals surface area contributed by atoms with E-state index in [9.17, 15) is 9.59 Å². The lowest BCUT2D eigenvalue weighted by atomic mass is 9.87. The molecule has 2 N–H and O–H groups in total. The molecule has 0 saturated heterocycles. The van der Waals surface area contributed by atoms with E-state index in [1.807, 2.05) is 20.8 Å². The van der Waals surface area contributed by atoms with E-state index >= 15 is 0 Å². The Morgan fingerprint density at radius 3 is 2.17 bits per heavy atom. The van der Waals surface area contributed by atoms with Gasteiger partial charge in [-0.05, 0) is 42.7 Å². The molecule has 2 atom stereocenters. The molecule has 2 unspecified atom stereocenters. The van der Waals surface area contributed by atoms with Crippen LogP contribution in [-0.4, -0.2) is 11.6 Å². The smallest absolute Gasteiger partial charge is 0.151 e. The van der Waals surface area contributed by atoms with E-state index in [1.165, 1.54) is 0 Å². The summed E-state index contributed by atoms with van der Waals surface area (Å²) in [5.74, 6) is 4.93. The Kier molecular flexibility index (Phi) is 3.22. The van der Waals surface area contributed by atoms with Gasteiger partial charge >= 0.3 is 0 Å². The summed E-state index contributed by atoms with van der Waals surface area (Å²) in [6.45, 7) is 5.55. The molecule has 2 rings (SSSR count). The van der Waals surface area contributed by atoms with Gasteiger partial charge in [-0.25, -0.2) is 0 Å². The topological polar surface area (TPSA) is 69.4 Å². The van der Waals surface area contributed by atoms with Gasteiger partial charge in [-0.1, -0.05) is 6.92 Å². The first-order valence-electron chi connectivity index (χ1n) is 6.00. The number of Topliss-reactive ketones (excluding diaryl/α,β-unsaturated/α-hetero) is 2. The Labute approximate surface area is 106 Å². The summed E-state index contributed by atoms with van der Waals surface area (Å²) in [5.41, 5.74) is 2.56. The molecule has 0 bridgehead atoms. The predicted molar refractivity (Wildman–Crippen MR) is 67.3 cm³/mol. The predicted octanol–water partition coefficient (Wildman–Crippen LogP) is 1.82. The molecule has 0 aromatic heterocycles. The minimum Gasteiger partial charge on any atom is -0.412 e. The lowest BCUT2D eigenvalue weighted by molar-refractivity contribution is -0.124. The van der Waals surface area contributed by atoms with Gasteiger partial charge in [0.05, 0.1) is 0 Å². The third kappa shape index (κ3) is 1.93. The monoisotopic (exact) mass is 247 g/mol. The molecule has 1 aliphatic carbocycles. The van der Waals surface area contributed by atoms with Gasteiger partial charge in [0.15, 0.2) is 5.78 Å². The van der Waals surface area contributed by atoms with Gasteiger partial charge in [0.25, 0.3) is 0 Å². The van der Waals surface area contributed by atoms with Gasteiger partial charge < -0.3 is 4.84 Å².